The number of fused-ring (bicyclic) bond motifs is 1. The quantitative estimate of drug-likeness (QED) is 0.802. The van der Waals surface area contributed by atoms with Crippen LogP contribution in [0.3, 0.4) is 0 Å². The molecule has 2 nitrogen and oxygen atoms in total. The number of nitrogens with one attached hydrogen (secondary N) is 1. The van der Waals surface area contributed by atoms with Crippen LogP contribution in [-0.2, 0) is 19.3 Å². The lowest BCUT2D eigenvalue weighted by molar-refractivity contribution is 0.481. The van der Waals surface area contributed by atoms with Gasteiger partial charge in [0.15, 0.2) is 0 Å². The fourth-order valence-electron chi connectivity index (χ4n) is 3.05. The van der Waals surface area contributed by atoms with E-state index >= 15 is 0 Å². The Morgan fingerprint density at radius 1 is 1.33 bits per heavy atom. The summed E-state index contributed by atoms with van der Waals surface area (Å²) in [6, 6.07) is 0.700. The van der Waals surface area contributed by atoms with Crippen LogP contribution in [0.1, 0.15) is 41.9 Å². The normalized spacial score (nSPS) is 24.7. The lowest BCUT2D eigenvalue weighted by Gasteiger charge is -2.10. The van der Waals surface area contributed by atoms with Crippen LogP contribution in [0.5, 0.6) is 0 Å². The van der Waals surface area contributed by atoms with Gasteiger partial charge in [-0.15, -0.1) is 0 Å². The molecule has 2 aliphatic rings. The number of rotatable bonds is 2. The van der Waals surface area contributed by atoms with E-state index in [1.54, 1.807) is 5.56 Å². The number of furan rings is 1. The van der Waals surface area contributed by atoms with Gasteiger partial charge in [0.25, 0.3) is 0 Å². The van der Waals surface area contributed by atoms with Gasteiger partial charge >= 0.3 is 0 Å². The van der Waals surface area contributed by atoms with Crippen molar-refractivity contribution in [3.8, 4) is 0 Å². The third kappa shape index (κ3) is 1.61. The lowest BCUT2D eigenvalue weighted by atomic mass is 10.0. The summed E-state index contributed by atoms with van der Waals surface area (Å²) < 4.78 is 5.84. The second kappa shape index (κ2) is 3.67. The van der Waals surface area contributed by atoms with Crippen molar-refractivity contribution in [3.05, 3.63) is 22.6 Å². The zero-order valence-electron chi connectivity index (χ0n) is 9.44. The minimum absolute atomic E-state index is 0.700. The van der Waals surface area contributed by atoms with Gasteiger partial charge < -0.3 is 9.73 Å². The molecule has 2 heterocycles. The maximum absolute atomic E-state index is 5.84. The fraction of sp³-hybridized carbons (Fsp3) is 0.692. The molecule has 1 saturated heterocycles. The highest BCUT2D eigenvalue weighted by molar-refractivity contribution is 5.37. The molecular formula is C13H19NO. The van der Waals surface area contributed by atoms with E-state index in [0.29, 0.717) is 6.04 Å². The van der Waals surface area contributed by atoms with Gasteiger partial charge in [-0.2, -0.15) is 0 Å². The summed E-state index contributed by atoms with van der Waals surface area (Å²) in [5, 5.41) is 3.57. The van der Waals surface area contributed by atoms with Gasteiger partial charge in [-0.1, -0.05) is 0 Å². The molecule has 0 spiro atoms. The monoisotopic (exact) mass is 205 g/mol. The Labute approximate surface area is 91.0 Å². The molecule has 0 amide bonds. The zero-order chi connectivity index (χ0) is 10.3. The van der Waals surface area contributed by atoms with Crippen molar-refractivity contribution in [2.45, 2.75) is 51.5 Å². The second-order valence-corrected chi connectivity index (χ2v) is 4.89. The molecule has 1 unspecified atom stereocenters. The molecule has 1 aromatic heterocycles. The average Bonchev–Trinajstić information content (AvgIpc) is 2.86. The predicted octanol–water partition coefficient (Wildman–Crippen LogP) is 2.37. The van der Waals surface area contributed by atoms with E-state index in [4.69, 9.17) is 4.42 Å². The Morgan fingerprint density at radius 2 is 2.27 bits per heavy atom. The van der Waals surface area contributed by atoms with E-state index in [1.807, 2.05) is 0 Å². The third-order valence-electron chi connectivity index (χ3n) is 3.85. The molecule has 1 aliphatic heterocycles. The summed E-state index contributed by atoms with van der Waals surface area (Å²) >= 11 is 0. The Hall–Kier alpha value is -0.760. The predicted molar refractivity (Wildman–Crippen MR) is 60.2 cm³/mol. The molecule has 1 fully saturated rings. The summed E-state index contributed by atoms with van der Waals surface area (Å²) in [7, 11) is 0. The summed E-state index contributed by atoms with van der Waals surface area (Å²) in [6.07, 6.45) is 7.55. The van der Waals surface area contributed by atoms with Crippen molar-refractivity contribution in [2.24, 2.45) is 0 Å². The topological polar surface area (TPSA) is 25.2 Å². The van der Waals surface area contributed by atoms with E-state index < -0.39 is 0 Å². The van der Waals surface area contributed by atoms with Crippen LogP contribution in [0.25, 0.3) is 0 Å². The fourth-order valence-corrected chi connectivity index (χ4v) is 3.05. The van der Waals surface area contributed by atoms with Gasteiger partial charge in [0.2, 0.25) is 0 Å². The van der Waals surface area contributed by atoms with Crippen LogP contribution in [0, 0.1) is 6.92 Å². The van der Waals surface area contributed by atoms with Crippen LogP contribution in [-0.4, -0.2) is 12.6 Å². The van der Waals surface area contributed by atoms with Crippen LogP contribution in [0.15, 0.2) is 4.42 Å². The van der Waals surface area contributed by atoms with Crippen LogP contribution < -0.4 is 5.32 Å². The molecule has 0 bridgehead atoms. The Bertz CT molecular complexity index is 361. The first-order valence-corrected chi connectivity index (χ1v) is 6.18. The van der Waals surface area contributed by atoms with Gasteiger partial charge in [0.05, 0.1) is 0 Å². The first kappa shape index (κ1) is 9.46. The molecule has 0 radical (unpaired) electrons. The molecule has 3 rings (SSSR count). The van der Waals surface area contributed by atoms with E-state index in [1.165, 1.54) is 55.7 Å². The largest absolute Gasteiger partial charge is 0.466 e. The molecule has 1 atom stereocenters. The smallest absolute Gasteiger partial charge is 0.107 e. The maximum Gasteiger partial charge on any atom is 0.107 e. The standard InChI is InChI=1S/C13H19NO/c1-9-12(8-10-4-3-7-14-10)11-5-2-6-13(11)15-9/h10,14H,2-8H2,1H3. The number of hydrogen-bond acceptors (Lipinski definition) is 2. The van der Waals surface area contributed by atoms with Crippen molar-refractivity contribution in [3.63, 3.8) is 0 Å². The summed E-state index contributed by atoms with van der Waals surface area (Å²) in [4.78, 5) is 0. The van der Waals surface area contributed by atoms with Crippen molar-refractivity contribution < 1.29 is 4.42 Å². The first-order chi connectivity index (χ1) is 7.34. The molecule has 1 aliphatic carbocycles. The van der Waals surface area contributed by atoms with Gasteiger partial charge in [-0.3, -0.25) is 0 Å². The van der Waals surface area contributed by atoms with Crippen molar-refractivity contribution in [1.82, 2.24) is 5.32 Å². The summed E-state index contributed by atoms with van der Waals surface area (Å²) in [5.41, 5.74) is 3.06. The van der Waals surface area contributed by atoms with Gasteiger partial charge in [-0.05, 0) is 56.7 Å². The molecule has 2 heteroatoms. The van der Waals surface area contributed by atoms with Crippen LogP contribution >= 0.6 is 0 Å². The first-order valence-electron chi connectivity index (χ1n) is 6.18. The Kier molecular flexibility index (Phi) is 2.32. The minimum atomic E-state index is 0.700. The van der Waals surface area contributed by atoms with Gasteiger partial charge in [0.1, 0.15) is 11.5 Å². The molecule has 15 heavy (non-hydrogen) atoms. The molecule has 82 valence electrons. The molecule has 1 N–H and O–H groups in total. The number of aryl methyl sites for hydroxylation is 2. The molecule has 0 aromatic carbocycles. The Balaban J connectivity index is 1.84. The van der Waals surface area contributed by atoms with Gasteiger partial charge in [-0.25, -0.2) is 0 Å². The Morgan fingerprint density at radius 3 is 3.07 bits per heavy atom. The van der Waals surface area contributed by atoms with Crippen LogP contribution in [0.2, 0.25) is 0 Å². The molecule has 1 aromatic rings. The lowest BCUT2D eigenvalue weighted by Crippen LogP contribution is -2.24. The van der Waals surface area contributed by atoms with Crippen molar-refractivity contribution >= 4 is 0 Å². The highest BCUT2D eigenvalue weighted by Gasteiger charge is 2.24. The molecule has 0 saturated carbocycles. The second-order valence-electron chi connectivity index (χ2n) is 4.89. The van der Waals surface area contributed by atoms with Crippen LogP contribution in [0.4, 0.5) is 0 Å². The van der Waals surface area contributed by atoms with Gasteiger partial charge in [0, 0.05) is 12.5 Å². The highest BCUT2D eigenvalue weighted by atomic mass is 16.3. The third-order valence-corrected chi connectivity index (χ3v) is 3.85. The van der Waals surface area contributed by atoms with Crippen molar-refractivity contribution in [1.29, 1.82) is 0 Å². The van der Waals surface area contributed by atoms with E-state index in [0.717, 1.165) is 6.42 Å². The zero-order valence-corrected chi connectivity index (χ0v) is 9.44. The SMILES string of the molecule is Cc1oc2c(c1CC1CCCN1)CCC2. The number of hydrogen-bond donors (Lipinski definition) is 1. The maximum atomic E-state index is 5.84. The minimum Gasteiger partial charge on any atom is -0.466 e. The summed E-state index contributed by atoms with van der Waals surface area (Å²) in [5.74, 6) is 2.45. The van der Waals surface area contributed by atoms with E-state index in [9.17, 15) is 0 Å². The average molecular weight is 205 g/mol. The van der Waals surface area contributed by atoms with E-state index in [-0.39, 0.29) is 0 Å². The molecular weight excluding hydrogens is 186 g/mol. The highest BCUT2D eigenvalue weighted by Crippen LogP contribution is 2.31. The summed E-state index contributed by atoms with van der Waals surface area (Å²) in [6.45, 7) is 3.33. The van der Waals surface area contributed by atoms with Crippen molar-refractivity contribution in [2.75, 3.05) is 6.54 Å². The van der Waals surface area contributed by atoms with E-state index in [2.05, 4.69) is 12.2 Å².